The van der Waals surface area contributed by atoms with Gasteiger partial charge in [-0.2, -0.15) is 4.98 Å². The molecule has 0 spiro atoms. The molecule has 1 aromatic carbocycles. The lowest BCUT2D eigenvalue weighted by Gasteiger charge is -2.20. The Morgan fingerprint density at radius 1 is 1.40 bits per heavy atom. The highest BCUT2D eigenvalue weighted by atomic mass is 16.5. The number of para-hydroxylation sites is 1. The van der Waals surface area contributed by atoms with E-state index in [1.807, 2.05) is 38.1 Å². The van der Waals surface area contributed by atoms with Crippen molar-refractivity contribution in [1.82, 2.24) is 20.1 Å². The average Bonchev–Trinajstić information content (AvgIpc) is 3.21. The van der Waals surface area contributed by atoms with E-state index in [9.17, 15) is 9.59 Å². The van der Waals surface area contributed by atoms with Crippen LogP contribution in [-0.2, 0) is 9.59 Å². The summed E-state index contributed by atoms with van der Waals surface area (Å²) in [4.78, 5) is 30.3. The molecule has 0 aliphatic carbocycles. The zero-order valence-electron chi connectivity index (χ0n) is 14.4. The molecule has 1 aliphatic heterocycles. The number of hydrogen-bond acceptors (Lipinski definition) is 5. The SMILES string of the molecule is COc1ccccc1-c1nc(NC(=O)C2CC(=O)N(C(C)C)C2)n[nH]1. The van der Waals surface area contributed by atoms with E-state index in [1.54, 1.807) is 12.0 Å². The van der Waals surface area contributed by atoms with E-state index in [0.29, 0.717) is 18.1 Å². The highest BCUT2D eigenvalue weighted by molar-refractivity contribution is 5.96. The Kier molecular flexibility index (Phi) is 4.69. The van der Waals surface area contributed by atoms with Crippen LogP contribution in [0.15, 0.2) is 24.3 Å². The fraction of sp³-hybridized carbons (Fsp3) is 0.412. The molecule has 2 heterocycles. The molecule has 0 saturated carbocycles. The fourth-order valence-corrected chi connectivity index (χ4v) is 2.90. The summed E-state index contributed by atoms with van der Waals surface area (Å²) in [7, 11) is 1.58. The van der Waals surface area contributed by atoms with Gasteiger partial charge in [0.25, 0.3) is 0 Å². The molecule has 3 rings (SSSR count). The van der Waals surface area contributed by atoms with Crippen molar-refractivity contribution in [2.45, 2.75) is 26.3 Å². The number of H-pyrrole nitrogens is 1. The fourth-order valence-electron chi connectivity index (χ4n) is 2.90. The van der Waals surface area contributed by atoms with Crippen LogP contribution in [-0.4, -0.2) is 51.6 Å². The van der Waals surface area contributed by atoms with Gasteiger partial charge in [-0.15, -0.1) is 5.10 Å². The summed E-state index contributed by atoms with van der Waals surface area (Å²) < 4.78 is 5.30. The third-order valence-electron chi connectivity index (χ3n) is 4.24. The Hall–Kier alpha value is -2.90. The molecule has 8 nitrogen and oxygen atoms in total. The summed E-state index contributed by atoms with van der Waals surface area (Å²) in [6.45, 7) is 4.30. The van der Waals surface area contributed by atoms with E-state index >= 15 is 0 Å². The van der Waals surface area contributed by atoms with Crippen molar-refractivity contribution < 1.29 is 14.3 Å². The van der Waals surface area contributed by atoms with Gasteiger partial charge in [-0.3, -0.25) is 20.0 Å². The second-order valence-corrected chi connectivity index (χ2v) is 6.24. The second-order valence-electron chi connectivity index (χ2n) is 6.24. The first kappa shape index (κ1) is 16.9. The normalized spacial score (nSPS) is 17.2. The van der Waals surface area contributed by atoms with Crippen molar-refractivity contribution in [2.75, 3.05) is 19.0 Å². The minimum absolute atomic E-state index is 0.000141. The summed E-state index contributed by atoms with van der Waals surface area (Å²) >= 11 is 0. The largest absolute Gasteiger partial charge is 0.496 e. The quantitative estimate of drug-likeness (QED) is 0.860. The number of ether oxygens (including phenoxy) is 1. The number of likely N-dealkylation sites (tertiary alicyclic amines) is 1. The number of aromatic amines is 1. The second kappa shape index (κ2) is 6.92. The van der Waals surface area contributed by atoms with Crippen molar-refractivity contribution in [3.8, 4) is 17.1 Å². The Bertz CT molecular complexity index is 786. The van der Waals surface area contributed by atoms with Crippen molar-refractivity contribution in [2.24, 2.45) is 5.92 Å². The number of benzene rings is 1. The molecule has 2 aromatic rings. The predicted octanol–water partition coefficient (Wildman–Crippen LogP) is 1.68. The number of hydrogen-bond donors (Lipinski definition) is 2. The molecule has 25 heavy (non-hydrogen) atoms. The molecule has 1 unspecified atom stereocenters. The molecule has 2 N–H and O–H groups in total. The van der Waals surface area contributed by atoms with Crippen LogP contribution in [0.25, 0.3) is 11.4 Å². The number of anilines is 1. The van der Waals surface area contributed by atoms with E-state index in [2.05, 4.69) is 20.5 Å². The van der Waals surface area contributed by atoms with Crippen molar-refractivity contribution >= 4 is 17.8 Å². The zero-order chi connectivity index (χ0) is 18.0. The molecular weight excluding hydrogens is 322 g/mol. The molecule has 1 saturated heterocycles. The molecule has 1 fully saturated rings. The maximum Gasteiger partial charge on any atom is 0.249 e. The van der Waals surface area contributed by atoms with Crippen LogP contribution < -0.4 is 10.1 Å². The number of nitrogens with zero attached hydrogens (tertiary/aromatic N) is 3. The highest BCUT2D eigenvalue weighted by Crippen LogP contribution is 2.27. The summed E-state index contributed by atoms with van der Waals surface area (Å²) in [5, 5.41) is 9.51. The van der Waals surface area contributed by atoms with E-state index in [1.165, 1.54) is 0 Å². The average molecular weight is 343 g/mol. The standard InChI is InChI=1S/C17H21N5O3/c1-10(2)22-9-11(8-14(22)23)16(24)19-17-18-15(20-21-17)12-6-4-5-7-13(12)25-3/h4-7,10-11H,8-9H2,1-3H3,(H2,18,19,20,21,24). The monoisotopic (exact) mass is 343 g/mol. The van der Waals surface area contributed by atoms with E-state index in [0.717, 1.165) is 5.56 Å². The van der Waals surface area contributed by atoms with Gasteiger partial charge in [0, 0.05) is 19.0 Å². The van der Waals surface area contributed by atoms with Gasteiger partial charge >= 0.3 is 0 Å². The molecule has 0 bridgehead atoms. The smallest absolute Gasteiger partial charge is 0.249 e. The van der Waals surface area contributed by atoms with Crippen molar-refractivity contribution in [3.05, 3.63) is 24.3 Å². The first-order valence-corrected chi connectivity index (χ1v) is 8.15. The van der Waals surface area contributed by atoms with E-state index in [4.69, 9.17) is 4.74 Å². The van der Waals surface area contributed by atoms with Gasteiger partial charge in [-0.1, -0.05) is 12.1 Å². The third kappa shape index (κ3) is 3.47. The molecule has 1 aliphatic rings. The number of aromatic nitrogens is 3. The van der Waals surface area contributed by atoms with Crippen LogP contribution in [0.4, 0.5) is 5.95 Å². The first-order valence-electron chi connectivity index (χ1n) is 8.15. The summed E-state index contributed by atoms with van der Waals surface area (Å²) in [5.41, 5.74) is 0.750. The summed E-state index contributed by atoms with van der Waals surface area (Å²) in [6.07, 6.45) is 0.216. The Morgan fingerprint density at radius 3 is 2.84 bits per heavy atom. The van der Waals surface area contributed by atoms with Gasteiger partial charge in [0.15, 0.2) is 5.82 Å². The maximum atomic E-state index is 12.4. The molecular formula is C17H21N5O3. The predicted molar refractivity (Wildman–Crippen MR) is 92.0 cm³/mol. The molecule has 0 radical (unpaired) electrons. The number of amides is 2. The number of carbonyl (C=O) groups is 2. The van der Waals surface area contributed by atoms with Crippen LogP contribution in [0.5, 0.6) is 5.75 Å². The minimum atomic E-state index is -0.386. The van der Waals surface area contributed by atoms with Gasteiger partial charge in [0.2, 0.25) is 17.8 Å². The van der Waals surface area contributed by atoms with Crippen molar-refractivity contribution in [1.29, 1.82) is 0 Å². The molecule has 8 heteroatoms. The van der Waals surface area contributed by atoms with Gasteiger partial charge in [-0.25, -0.2) is 0 Å². The van der Waals surface area contributed by atoms with Crippen molar-refractivity contribution in [3.63, 3.8) is 0 Å². The first-order chi connectivity index (χ1) is 12.0. The maximum absolute atomic E-state index is 12.4. The van der Waals surface area contributed by atoms with Crippen LogP contribution in [0.3, 0.4) is 0 Å². The van der Waals surface area contributed by atoms with Gasteiger partial charge < -0.3 is 9.64 Å². The van der Waals surface area contributed by atoms with Gasteiger partial charge in [-0.05, 0) is 26.0 Å². The van der Waals surface area contributed by atoms with Gasteiger partial charge in [0.05, 0.1) is 18.6 Å². The van der Waals surface area contributed by atoms with Gasteiger partial charge in [0.1, 0.15) is 5.75 Å². The number of nitrogens with one attached hydrogen (secondary N) is 2. The lowest BCUT2D eigenvalue weighted by atomic mass is 10.1. The molecule has 1 atom stereocenters. The summed E-state index contributed by atoms with van der Waals surface area (Å²) in [5.74, 6) is 0.705. The van der Waals surface area contributed by atoms with Crippen LogP contribution in [0.1, 0.15) is 20.3 Å². The number of methoxy groups -OCH3 is 1. The topological polar surface area (TPSA) is 100 Å². The number of rotatable bonds is 5. The Balaban J connectivity index is 1.70. The van der Waals surface area contributed by atoms with E-state index < -0.39 is 0 Å². The zero-order valence-corrected chi connectivity index (χ0v) is 14.4. The third-order valence-corrected chi connectivity index (χ3v) is 4.24. The molecule has 2 amide bonds. The lowest BCUT2D eigenvalue weighted by Crippen LogP contribution is -2.33. The van der Waals surface area contributed by atoms with Crippen LogP contribution >= 0.6 is 0 Å². The Labute approximate surface area is 145 Å². The minimum Gasteiger partial charge on any atom is -0.496 e. The lowest BCUT2D eigenvalue weighted by molar-refractivity contribution is -0.129. The molecule has 132 valence electrons. The Morgan fingerprint density at radius 2 is 2.16 bits per heavy atom. The number of carbonyl (C=O) groups excluding carboxylic acids is 2. The molecule has 1 aromatic heterocycles. The van der Waals surface area contributed by atoms with Crippen LogP contribution in [0, 0.1) is 5.92 Å². The van der Waals surface area contributed by atoms with E-state index in [-0.39, 0.29) is 36.1 Å². The van der Waals surface area contributed by atoms with Crippen LogP contribution in [0.2, 0.25) is 0 Å². The summed E-state index contributed by atoms with van der Waals surface area (Å²) in [6, 6.07) is 7.48. The highest BCUT2D eigenvalue weighted by Gasteiger charge is 2.35.